The molecule has 0 aliphatic carbocycles. The lowest BCUT2D eigenvalue weighted by atomic mass is 10.1. The Labute approximate surface area is 92.8 Å². The Bertz CT molecular complexity index is 152. The second-order valence-electron chi connectivity index (χ2n) is 3.59. The molecule has 90 valence electrons. The third-order valence-electron chi connectivity index (χ3n) is 2.16. The van der Waals surface area contributed by atoms with Gasteiger partial charge in [-0.05, 0) is 6.42 Å². The quantitative estimate of drug-likeness (QED) is 0.578. The van der Waals surface area contributed by atoms with Crippen molar-refractivity contribution in [2.75, 3.05) is 26.8 Å². The highest BCUT2D eigenvalue weighted by atomic mass is 16.5. The van der Waals surface area contributed by atoms with Crippen LogP contribution in [0.3, 0.4) is 0 Å². The van der Waals surface area contributed by atoms with Gasteiger partial charge in [0.15, 0.2) is 0 Å². The molecular weight excluding hydrogens is 192 g/mol. The van der Waals surface area contributed by atoms with Crippen LogP contribution >= 0.6 is 0 Å². The zero-order valence-electron chi connectivity index (χ0n) is 9.97. The number of nitrogens with one attached hydrogen (secondary N) is 2. The Morgan fingerprint density at radius 1 is 1.07 bits per heavy atom. The fourth-order valence-corrected chi connectivity index (χ4v) is 1.26. The molecule has 4 heteroatoms. The third kappa shape index (κ3) is 11.2. The van der Waals surface area contributed by atoms with Crippen molar-refractivity contribution in [1.82, 2.24) is 10.6 Å². The largest absolute Gasteiger partial charge is 0.383 e. The van der Waals surface area contributed by atoms with Crippen LogP contribution in [0.25, 0.3) is 0 Å². The van der Waals surface area contributed by atoms with E-state index < -0.39 is 0 Å². The normalized spacial score (nSPS) is 10.0. The monoisotopic (exact) mass is 216 g/mol. The van der Waals surface area contributed by atoms with E-state index in [1.807, 2.05) is 0 Å². The summed E-state index contributed by atoms with van der Waals surface area (Å²) >= 11 is 0. The van der Waals surface area contributed by atoms with Crippen molar-refractivity contribution < 1.29 is 9.53 Å². The zero-order chi connectivity index (χ0) is 11.4. The Balaban J connectivity index is 3.10. The third-order valence-corrected chi connectivity index (χ3v) is 2.16. The minimum atomic E-state index is -0.0949. The van der Waals surface area contributed by atoms with E-state index in [0.29, 0.717) is 13.2 Å². The first-order chi connectivity index (χ1) is 7.31. The van der Waals surface area contributed by atoms with Crippen LogP contribution in [0.1, 0.15) is 39.0 Å². The van der Waals surface area contributed by atoms with Crippen molar-refractivity contribution in [3.63, 3.8) is 0 Å². The number of unbranched alkanes of at least 4 members (excludes halogenated alkanes) is 4. The Hall–Kier alpha value is -0.770. The number of ether oxygens (including phenoxy) is 1. The van der Waals surface area contributed by atoms with Crippen molar-refractivity contribution in [3.05, 3.63) is 0 Å². The van der Waals surface area contributed by atoms with Gasteiger partial charge in [-0.25, -0.2) is 4.79 Å². The molecule has 0 unspecified atom stereocenters. The van der Waals surface area contributed by atoms with Gasteiger partial charge in [-0.1, -0.05) is 32.6 Å². The van der Waals surface area contributed by atoms with E-state index in [2.05, 4.69) is 17.6 Å². The highest BCUT2D eigenvalue weighted by Gasteiger charge is 1.97. The molecule has 0 rings (SSSR count). The maximum absolute atomic E-state index is 11.1. The molecule has 0 aromatic rings. The molecule has 0 aromatic heterocycles. The maximum atomic E-state index is 11.1. The molecule has 0 spiro atoms. The van der Waals surface area contributed by atoms with E-state index in [4.69, 9.17) is 4.74 Å². The second-order valence-corrected chi connectivity index (χ2v) is 3.59. The number of amides is 2. The van der Waals surface area contributed by atoms with Gasteiger partial charge in [0.05, 0.1) is 6.61 Å². The lowest BCUT2D eigenvalue weighted by Gasteiger charge is -2.06. The van der Waals surface area contributed by atoms with Crippen LogP contribution in [0.4, 0.5) is 4.79 Å². The highest BCUT2D eigenvalue weighted by Crippen LogP contribution is 2.00. The molecule has 0 aromatic carbocycles. The van der Waals surface area contributed by atoms with Crippen molar-refractivity contribution in [3.8, 4) is 0 Å². The van der Waals surface area contributed by atoms with E-state index in [9.17, 15) is 4.79 Å². The van der Waals surface area contributed by atoms with Gasteiger partial charge in [0.25, 0.3) is 0 Å². The van der Waals surface area contributed by atoms with Crippen LogP contribution in [0, 0.1) is 0 Å². The molecule has 2 N–H and O–H groups in total. The lowest BCUT2D eigenvalue weighted by molar-refractivity contribution is 0.196. The molecule has 2 amide bonds. The summed E-state index contributed by atoms with van der Waals surface area (Å²) in [5.74, 6) is 0. The second kappa shape index (κ2) is 11.3. The molecule has 0 radical (unpaired) electrons. The van der Waals surface area contributed by atoms with Gasteiger partial charge in [0, 0.05) is 20.2 Å². The molecule has 0 saturated heterocycles. The summed E-state index contributed by atoms with van der Waals surface area (Å²) in [6.45, 7) is 4.09. The van der Waals surface area contributed by atoms with Crippen molar-refractivity contribution in [2.24, 2.45) is 0 Å². The molecule has 0 bridgehead atoms. The van der Waals surface area contributed by atoms with Gasteiger partial charge in [0.1, 0.15) is 0 Å². The van der Waals surface area contributed by atoms with E-state index in [-0.39, 0.29) is 6.03 Å². The standard InChI is InChI=1S/C11H24N2O2/c1-3-4-5-6-7-8-12-11(14)13-9-10-15-2/h3-10H2,1-2H3,(H2,12,13,14). The molecule has 15 heavy (non-hydrogen) atoms. The van der Waals surface area contributed by atoms with E-state index in [1.165, 1.54) is 25.7 Å². The van der Waals surface area contributed by atoms with Crippen LogP contribution in [-0.4, -0.2) is 32.8 Å². The van der Waals surface area contributed by atoms with Gasteiger partial charge in [-0.15, -0.1) is 0 Å². The molecule has 0 saturated carbocycles. The first-order valence-corrected chi connectivity index (χ1v) is 5.82. The first kappa shape index (κ1) is 14.2. The summed E-state index contributed by atoms with van der Waals surface area (Å²) in [5.41, 5.74) is 0. The number of carbonyl (C=O) groups excluding carboxylic acids is 1. The van der Waals surface area contributed by atoms with E-state index >= 15 is 0 Å². The van der Waals surface area contributed by atoms with Crippen molar-refractivity contribution in [2.45, 2.75) is 39.0 Å². The van der Waals surface area contributed by atoms with Crippen LogP contribution in [0.2, 0.25) is 0 Å². The van der Waals surface area contributed by atoms with Crippen LogP contribution < -0.4 is 10.6 Å². The number of urea groups is 1. The molecule has 0 fully saturated rings. The van der Waals surface area contributed by atoms with Gasteiger partial charge in [-0.2, -0.15) is 0 Å². The average Bonchev–Trinajstić information content (AvgIpc) is 2.23. The van der Waals surface area contributed by atoms with Gasteiger partial charge in [0.2, 0.25) is 0 Å². The Kier molecular flexibility index (Phi) is 10.7. The summed E-state index contributed by atoms with van der Waals surface area (Å²) in [6, 6.07) is -0.0949. The Morgan fingerprint density at radius 3 is 2.40 bits per heavy atom. The number of carbonyl (C=O) groups is 1. The topological polar surface area (TPSA) is 50.4 Å². The van der Waals surface area contributed by atoms with Gasteiger partial charge in [-0.3, -0.25) is 0 Å². The minimum Gasteiger partial charge on any atom is -0.383 e. The average molecular weight is 216 g/mol. The molecule has 0 heterocycles. The minimum absolute atomic E-state index is 0.0949. The fourth-order valence-electron chi connectivity index (χ4n) is 1.26. The molecule has 0 atom stereocenters. The molecular formula is C11H24N2O2. The SMILES string of the molecule is CCCCCCCNC(=O)NCCOC. The molecule has 0 aliphatic heterocycles. The summed E-state index contributed by atoms with van der Waals surface area (Å²) in [7, 11) is 1.62. The summed E-state index contributed by atoms with van der Waals surface area (Å²) in [5, 5.41) is 5.52. The van der Waals surface area contributed by atoms with Gasteiger partial charge < -0.3 is 15.4 Å². The molecule has 0 aliphatic rings. The Morgan fingerprint density at radius 2 is 1.73 bits per heavy atom. The van der Waals surface area contributed by atoms with E-state index in [0.717, 1.165) is 13.0 Å². The molecule has 4 nitrogen and oxygen atoms in total. The summed E-state index contributed by atoms with van der Waals surface area (Å²) in [4.78, 5) is 11.1. The lowest BCUT2D eigenvalue weighted by Crippen LogP contribution is -2.37. The highest BCUT2D eigenvalue weighted by molar-refractivity contribution is 5.73. The predicted molar refractivity (Wildman–Crippen MR) is 62.0 cm³/mol. The van der Waals surface area contributed by atoms with Crippen molar-refractivity contribution in [1.29, 1.82) is 0 Å². The smallest absolute Gasteiger partial charge is 0.314 e. The maximum Gasteiger partial charge on any atom is 0.314 e. The predicted octanol–water partition coefficient (Wildman–Crippen LogP) is 1.90. The van der Waals surface area contributed by atoms with E-state index in [1.54, 1.807) is 7.11 Å². The fraction of sp³-hybridized carbons (Fsp3) is 0.909. The van der Waals surface area contributed by atoms with Crippen molar-refractivity contribution >= 4 is 6.03 Å². The van der Waals surface area contributed by atoms with Crippen LogP contribution in [0.15, 0.2) is 0 Å². The number of hydrogen-bond donors (Lipinski definition) is 2. The number of methoxy groups -OCH3 is 1. The number of rotatable bonds is 9. The summed E-state index contributed by atoms with van der Waals surface area (Å²) < 4.78 is 4.82. The van der Waals surface area contributed by atoms with Gasteiger partial charge >= 0.3 is 6.03 Å². The zero-order valence-corrected chi connectivity index (χ0v) is 9.97. The summed E-state index contributed by atoms with van der Waals surface area (Å²) in [6.07, 6.45) is 6.08. The number of hydrogen-bond acceptors (Lipinski definition) is 2. The van der Waals surface area contributed by atoms with Crippen LogP contribution in [0.5, 0.6) is 0 Å². The van der Waals surface area contributed by atoms with Crippen LogP contribution in [-0.2, 0) is 4.74 Å². The first-order valence-electron chi connectivity index (χ1n) is 5.82.